The zero-order chi connectivity index (χ0) is 8.13. The first-order chi connectivity index (χ1) is 5.86. The lowest BCUT2D eigenvalue weighted by molar-refractivity contribution is 0.405. The second-order valence-electron chi connectivity index (χ2n) is 4.50. The highest BCUT2D eigenvalue weighted by molar-refractivity contribution is 5.93. The van der Waals surface area contributed by atoms with Crippen molar-refractivity contribution in [3.63, 3.8) is 0 Å². The Labute approximate surface area is 73.6 Å². The Kier molecular flexibility index (Phi) is 1.27. The molecule has 0 aromatic rings. The van der Waals surface area contributed by atoms with E-state index >= 15 is 0 Å². The topological polar surface area (TPSA) is 12.4 Å². The number of hydrogen-bond donors (Lipinski definition) is 0. The van der Waals surface area contributed by atoms with Gasteiger partial charge in [-0.1, -0.05) is 12.0 Å². The maximum absolute atomic E-state index is 4.61. The average Bonchev–Trinajstić information content (AvgIpc) is 2.70. The highest BCUT2D eigenvalue weighted by atomic mass is 14.8. The predicted octanol–water partition coefficient (Wildman–Crippen LogP) is 2.78. The van der Waals surface area contributed by atoms with E-state index in [1.807, 2.05) is 0 Å². The normalized spacial score (nSPS) is 39.4. The Hall–Kier alpha value is -0.590. The predicted molar refractivity (Wildman–Crippen MR) is 50.1 cm³/mol. The van der Waals surface area contributed by atoms with Crippen LogP contribution in [0.5, 0.6) is 0 Å². The third-order valence-electron chi connectivity index (χ3n) is 3.70. The van der Waals surface area contributed by atoms with Crippen molar-refractivity contribution >= 4 is 5.71 Å². The Morgan fingerprint density at radius 3 is 2.83 bits per heavy atom. The lowest BCUT2D eigenvalue weighted by Gasteiger charge is -2.28. The van der Waals surface area contributed by atoms with Crippen molar-refractivity contribution in [2.75, 3.05) is 0 Å². The van der Waals surface area contributed by atoms with Gasteiger partial charge in [0.2, 0.25) is 0 Å². The van der Waals surface area contributed by atoms with Gasteiger partial charge in [-0.2, -0.15) is 0 Å². The fourth-order valence-corrected chi connectivity index (χ4v) is 2.51. The number of aliphatic imine (C=N–C) groups is 1. The van der Waals surface area contributed by atoms with Crippen molar-refractivity contribution in [2.45, 2.75) is 32.6 Å². The van der Waals surface area contributed by atoms with Crippen molar-refractivity contribution in [1.82, 2.24) is 0 Å². The maximum atomic E-state index is 4.61. The van der Waals surface area contributed by atoms with Crippen LogP contribution < -0.4 is 0 Å². The molecule has 1 nitrogen and oxygen atoms in total. The van der Waals surface area contributed by atoms with Gasteiger partial charge >= 0.3 is 0 Å². The minimum absolute atomic E-state index is 0.875. The molecule has 0 aromatic heterocycles. The molecule has 12 heavy (non-hydrogen) atoms. The summed E-state index contributed by atoms with van der Waals surface area (Å²) in [6.07, 6.45) is 7.77. The molecule has 2 saturated carbocycles. The van der Waals surface area contributed by atoms with Crippen molar-refractivity contribution < 1.29 is 0 Å². The van der Waals surface area contributed by atoms with Crippen LogP contribution in [0.25, 0.3) is 0 Å². The van der Waals surface area contributed by atoms with Gasteiger partial charge in [0.05, 0.1) is 0 Å². The van der Waals surface area contributed by atoms with Crippen molar-refractivity contribution in [2.24, 2.45) is 22.7 Å². The lowest BCUT2D eigenvalue weighted by Crippen LogP contribution is -2.25. The molecule has 2 atom stereocenters. The van der Waals surface area contributed by atoms with Crippen LogP contribution in [0.2, 0.25) is 0 Å². The van der Waals surface area contributed by atoms with Crippen LogP contribution >= 0.6 is 0 Å². The number of rotatable bonds is 1. The number of nitrogens with zero attached hydrogens (tertiary/aromatic N) is 1. The largest absolute Gasteiger partial charge is 0.265 e. The number of hydrogen-bond acceptors (Lipinski definition) is 1. The molecular formula is C11H15N. The fraction of sp³-hybridized carbons (Fsp3) is 0.727. The van der Waals surface area contributed by atoms with E-state index < -0.39 is 0 Å². The summed E-state index contributed by atoms with van der Waals surface area (Å²) >= 11 is 0. The van der Waals surface area contributed by atoms with Gasteiger partial charge in [0.1, 0.15) is 0 Å². The van der Waals surface area contributed by atoms with Crippen LogP contribution in [0, 0.1) is 17.8 Å². The smallest absolute Gasteiger partial charge is 0.0259 e. The van der Waals surface area contributed by atoms with Gasteiger partial charge in [-0.15, -0.1) is 0 Å². The third-order valence-corrected chi connectivity index (χ3v) is 3.70. The molecule has 64 valence electrons. The van der Waals surface area contributed by atoms with E-state index in [2.05, 4.69) is 18.1 Å². The Morgan fingerprint density at radius 1 is 1.33 bits per heavy atom. The van der Waals surface area contributed by atoms with Gasteiger partial charge in [0.15, 0.2) is 0 Å². The van der Waals surface area contributed by atoms with Crippen LogP contribution in [0.4, 0.5) is 0 Å². The monoisotopic (exact) mass is 161 g/mol. The molecule has 0 spiro atoms. The minimum atomic E-state index is 0.875. The van der Waals surface area contributed by atoms with Crippen LogP contribution in [0.1, 0.15) is 32.6 Å². The molecule has 3 aliphatic rings. The molecule has 0 bridgehead atoms. The molecule has 2 fully saturated rings. The van der Waals surface area contributed by atoms with E-state index in [1.165, 1.54) is 31.3 Å². The van der Waals surface area contributed by atoms with E-state index in [9.17, 15) is 0 Å². The standard InChI is InChI=1S/C11H15N/c1-7-6-12-11(8-3-2-4-8)10-5-9(7)10/h6,8-10H,2-5H2,1H3. The van der Waals surface area contributed by atoms with E-state index in [0.717, 1.165) is 17.8 Å². The van der Waals surface area contributed by atoms with Gasteiger partial charge in [0, 0.05) is 17.8 Å². The lowest BCUT2D eigenvalue weighted by atomic mass is 9.79. The first-order valence-electron chi connectivity index (χ1n) is 5.10. The van der Waals surface area contributed by atoms with Crippen LogP contribution in [0.15, 0.2) is 16.8 Å². The third kappa shape index (κ3) is 0.825. The molecule has 0 saturated heterocycles. The second-order valence-corrected chi connectivity index (χ2v) is 4.50. The Morgan fingerprint density at radius 2 is 2.17 bits per heavy atom. The molecule has 0 aromatic carbocycles. The SMILES string of the molecule is CC1=CN=C(C2CCC2)C2CC12. The average molecular weight is 161 g/mol. The first-order valence-corrected chi connectivity index (χ1v) is 5.10. The van der Waals surface area contributed by atoms with Gasteiger partial charge in [-0.3, -0.25) is 4.99 Å². The zero-order valence-corrected chi connectivity index (χ0v) is 7.59. The summed E-state index contributed by atoms with van der Waals surface area (Å²) in [5.41, 5.74) is 3.07. The molecule has 0 radical (unpaired) electrons. The molecule has 0 amide bonds. The molecule has 3 rings (SSSR count). The maximum Gasteiger partial charge on any atom is 0.0259 e. The summed E-state index contributed by atoms with van der Waals surface area (Å²) < 4.78 is 0. The summed E-state index contributed by atoms with van der Waals surface area (Å²) in [7, 11) is 0. The molecule has 1 aliphatic heterocycles. The summed E-state index contributed by atoms with van der Waals surface area (Å²) in [5, 5.41) is 0. The van der Waals surface area contributed by atoms with E-state index in [-0.39, 0.29) is 0 Å². The summed E-state index contributed by atoms with van der Waals surface area (Å²) in [5.74, 6) is 2.66. The number of allylic oxidation sites excluding steroid dienone is 1. The molecule has 1 heteroatoms. The van der Waals surface area contributed by atoms with Crippen LogP contribution in [0.3, 0.4) is 0 Å². The Bertz CT molecular complexity index is 267. The highest BCUT2D eigenvalue weighted by Gasteiger charge is 2.46. The van der Waals surface area contributed by atoms with E-state index in [0.29, 0.717) is 0 Å². The van der Waals surface area contributed by atoms with Gasteiger partial charge in [0.25, 0.3) is 0 Å². The van der Waals surface area contributed by atoms with Crippen molar-refractivity contribution in [3.05, 3.63) is 11.8 Å². The van der Waals surface area contributed by atoms with Crippen LogP contribution in [-0.2, 0) is 0 Å². The van der Waals surface area contributed by atoms with Gasteiger partial charge in [-0.05, 0) is 38.0 Å². The molecule has 1 heterocycles. The zero-order valence-electron chi connectivity index (χ0n) is 7.59. The first kappa shape index (κ1) is 6.88. The molecule has 2 aliphatic carbocycles. The van der Waals surface area contributed by atoms with Crippen LogP contribution in [-0.4, -0.2) is 5.71 Å². The van der Waals surface area contributed by atoms with E-state index in [4.69, 9.17) is 0 Å². The Balaban J connectivity index is 1.86. The number of fused-ring (bicyclic) bond motifs is 1. The molecule has 2 unspecified atom stereocenters. The van der Waals surface area contributed by atoms with E-state index in [1.54, 1.807) is 5.71 Å². The van der Waals surface area contributed by atoms with Crippen molar-refractivity contribution in [1.29, 1.82) is 0 Å². The summed E-state index contributed by atoms with van der Waals surface area (Å²) in [6.45, 7) is 2.23. The highest BCUT2D eigenvalue weighted by Crippen LogP contribution is 2.50. The summed E-state index contributed by atoms with van der Waals surface area (Å²) in [4.78, 5) is 4.61. The van der Waals surface area contributed by atoms with Gasteiger partial charge < -0.3 is 0 Å². The second kappa shape index (κ2) is 2.21. The molecule has 0 N–H and O–H groups in total. The van der Waals surface area contributed by atoms with Gasteiger partial charge in [-0.25, -0.2) is 0 Å². The fourth-order valence-electron chi connectivity index (χ4n) is 2.51. The molecular weight excluding hydrogens is 146 g/mol. The minimum Gasteiger partial charge on any atom is -0.265 e. The quantitative estimate of drug-likeness (QED) is 0.560. The summed E-state index contributed by atoms with van der Waals surface area (Å²) in [6, 6.07) is 0. The van der Waals surface area contributed by atoms with Crippen molar-refractivity contribution in [3.8, 4) is 0 Å².